The van der Waals surface area contributed by atoms with E-state index in [1.807, 2.05) is 35.7 Å². The van der Waals surface area contributed by atoms with Crippen LogP contribution < -0.4 is 0 Å². The molecule has 0 unspecified atom stereocenters. The van der Waals surface area contributed by atoms with Crippen LogP contribution >= 0.6 is 0 Å². The molecule has 6 nitrogen and oxygen atoms in total. The van der Waals surface area contributed by atoms with Crippen molar-refractivity contribution in [3.8, 4) is 0 Å². The van der Waals surface area contributed by atoms with Crippen LogP contribution in [0.25, 0.3) is 0 Å². The topological polar surface area (TPSA) is 59.1 Å². The molecule has 124 valence electrons. The highest BCUT2D eigenvalue weighted by atomic mass is 16.3. The van der Waals surface area contributed by atoms with Gasteiger partial charge in [-0.3, -0.25) is 14.3 Å². The molecule has 6 heteroatoms. The van der Waals surface area contributed by atoms with Gasteiger partial charge in [-0.05, 0) is 43.2 Å². The first kappa shape index (κ1) is 14.9. The molecule has 0 spiro atoms. The molecule has 4 rings (SSSR count). The van der Waals surface area contributed by atoms with Gasteiger partial charge in [-0.1, -0.05) is 0 Å². The lowest BCUT2D eigenvalue weighted by molar-refractivity contribution is 0.0306. The van der Waals surface area contributed by atoms with E-state index < -0.39 is 0 Å². The van der Waals surface area contributed by atoms with Crippen molar-refractivity contribution >= 4 is 0 Å². The van der Waals surface area contributed by atoms with Crippen LogP contribution in [-0.2, 0) is 13.6 Å². The largest absolute Gasteiger partial charge is 0.391 e. The Kier molecular flexibility index (Phi) is 3.73. The molecule has 2 aliphatic rings. The van der Waals surface area contributed by atoms with Gasteiger partial charge in [0, 0.05) is 39.1 Å². The summed E-state index contributed by atoms with van der Waals surface area (Å²) in [5.74, 6) is 1.26. The molecular formula is C17H25N5O. The Morgan fingerprint density at radius 3 is 2.65 bits per heavy atom. The zero-order valence-corrected chi connectivity index (χ0v) is 13.8. The van der Waals surface area contributed by atoms with Crippen LogP contribution in [0.15, 0.2) is 24.7 Å². The summed E-state index contributed by atoms with van der Waals surface area (Å²) in [6.07, 6.45) is 7.41. The van der Waals surface area contributed by atoms with Crippen molar-refractivity contribution in [2.45, 2.75) is 38.5 Å². The van der Waals surface area contributed by atoms with Gasteiger partial charge in [-0.15, -0.1) is 0 Å². The molecule has 3 heterocycles. The lowest BCUT2D eigenvalue weighted by atomic mass is 9.77. The normalized spacial score (nSPS) is 31.4. The molecule has 1 saturated carbocycles. The quantitative estimate of drug-likeness (QED) is 0.929. The lowest BCUT2D eigenvalue weighted by Crippen LogP contribution is -2.36. The number of likely N-dealkylation sites (tertiary alicyclic amines) is 1. The fourth-order valence-electron chi connectivity index (χ4n) is 4.32. The predicted molar refractivity (Wildman–Crippen MR) is 86.7 cm³/mol. The van der Waals surface area contributed by atoms with Gasteiger partial charge in [0.1, 0.15) is 0 Å². The lowest BCUT2D eigenvalue weighted by Gasteiger charge is -2.35. The Morgan fingerprint density at radius 1 is 1.22 bits per heavy atom. The Labute approximate surface area is 136 Å². The maximum absolute atomic E-state index is 10.6. The second-order valence-corrected chi connectivity index (χ2v) is 7.26. The highest BCUT2D eigenvalue weighted by Crippen LogP contribution is 2.41. The third kappa shape index (κ3) is 2.81. The minimum atomic E-state index is -0.285. The van der Waals surface area contributed by atoms with Gasteiger partial charge in [0.15, 0.2) is 0 Å². The van der Waals surface area contributed by atoms with Crippen molar-refractivity contribution in [2.75, 3.05) is 13.1 Å². The average Bonchev–Trinajstić information content (AvgIpc) is 3.20. The molecule has 1 N–H and O–H groups in total. The highest BCUT2D eigenvalue weighted by molar-refractivity contribution is 5.04. The van der Waals surface area contributed by atoms with E-state index in [0.29, 0.717) is 11.8 Å². The smallest absolute Gasteiger partial charge is 0.0781 e. The Bertz CT molecular complexity index is 678. The van der Waals surface area contributed by atoms with Crippen LogP contribution in [0.3, 0.4) is 0 Å². The van der Waals surface area contributed by atoms with E-state index in [1.54, 1.807) is 0 Å². The molecule has 1 aliphatic heterocycles. The molecule has 0 aromatic carbocycles. The summed E-state index contributed by atoms with van der Waals surface area (Å²) in [5.41, 5.74) is 2.41. The Morgan fingerprint density at radius 2 is 2.00 bits per heavy atom. The summed E-state index contributed by atoms with van der Waals surface area (Å²) in [7, 11) is 2.00. The molecule has 1 saturated heterocycles. The third-order valence-electron chi connectivity index (χ3n) is 5.56. The van der Waals surface area contributed by atoms with Gasteiger partial charge < -0.3 is 5.11 Å². The van der Waals surface area contributed by atoms with E-state index >= 15 is 0 Å². The standard InChI is InChI=1S/C17H25N5O/c1-12-7-19-22(8-12)16-5-13-9-21(10-14(13)6-17(16)23)11-15-3-4-18-20(15)2/h3-4,7-8,13-14,16-17,23H,5-6,9-11H2,1-2H3/t13-,14+,16-,17-/m0/s1. The van der Waals surface area contributed by atoms with E-state index in [4.69, 9.17) is 0 Å². The van der Waals surface area contributed by atoms with Gasteiger partial charge in [-0.25, -0.2) is 0 Å². The third-order valence-corrected chi connectivity index (χ3v) is 5.56. The highest BCUT2D eigenvalue weighted by Gasteiger charge is 2.42. The number of hydrogen-bond donors (Lipinski definition) is 1. The monoisotopic (exact) mass is 315 g/mol. The summed E-state index contributed by atoms with van der Waals surface area (Å²) in [6.45, 7) is 5.19. The van der Waals surface area contributed by atoms with Crippen LogP contribution in [0.4, 0.5) is 0 Å². The molecule has 1 aliphatic carbocycles. The van der Waals surface area contributed by atoms with Crippen molar-refractivity contribution < 1.29 is 5.11 Å². The molecule has 23 heavy (non-hydrogen) atoms. The number of aliphatic hydroxyl groups is 1. The van der Waals surface area contributed by atoms with Crippen molar-refractivity contribution in [1.29, 1.82) is 0 Å². The summed E-state index contributed by atoms with van der Waals surface area (Å²) in [5, 5.41) is 19.3. The van der Waals surface area contributed by atoms with E-state index in [0.717, 1.165) is 38.0 Å². The van der Waals surface area contributed by atoms with E-state index in [9.17, 15) is 5.11 Å². The number of rotatable bonds is 3. The zero-order chi connectivity index (χ0) is 16.0. The number of aromatic nitrogens is 4. The summed E-state index contributed by atoms with van der Waals surface area (Å²) in [6, 6.07) is 2.22. The predicted octanol–water partition coefficient (Wildman–Crippen LogP) is 1.37. The van der Waals surface area contributed by atoms with Crippen LogP contribution in [0.1, 0.15) is 30.1 Å². The number of aryl methyl sites for hydroxylation is 2. The minimum absolute atomic E-state index is 0.126. The van der Waals surface area contributed by atoms with E-state index in [1.165, 1.54) is 5.69 Å². The number of fused-ring (bicyclic) bond motifs is 1. The maximum atomic E-state index is 10.6. The van der Waals surface area contributed by atoms with Crippen LogP contribution in [0, 0.1) is 18.8 Å². The fraction of sp³-hybridized carbons (Fsp3) is 0.647. The van der Waals surface area contributed by atoms with Crippen LogP contribution in [0.2, 0.25) is 0 Å². The second kappa shape index (κ2) is 5.76. The molecule has 0 bridgehead atoms. The molecule has 0 amide bonds. The van der Waals surface area contributed by atoms with E-state index in [2.05, 4.69) is 27.4 Å². The van der Waals surface area contributed by atoms with Gasteiger partial charge in [0.25, 0.3) is 0 Å². The molecule has 0 radical (unpaired) electrons. The average molecular weight is 315 g/mol. The first-order chi connectivity index (χ1) is 11.1. The zero-order valence-electron chi connectivity index (χ0n) is 13.8. The molecule has 2 aromatic rings. The molecule has 4 atom stereocenters. The second-order valence-electron chi connectivity index (χ2n) is 7.26. The van der Waals surface area contributed by atoms with E-state index in [-0.39, 0.29) is 12.1 Å². The van der Waals surface area contributed by atoms with Gasteiger partial charge in [-0.2, -0.15) is 10.2 Å². The van der Waals surface area contributed by atoms with Crippen molar-refractivity contribution in [3.63, 3.8) is 0 Å². The summed E-state index contributed by atoms with van der Waals surface area (Å²) >= 11 is 0. The van der Waals surface area contributed by atoms with Crippen LogP contribution in [-0.4, -0.2) is 48.8 Å². The van der Waals surface area contributed by atoms with Gasteiger partial charge in [0.2, 0.25) is 0 Å². The molecule has 2 aromatic heterocycles. The Hall–Kier alpha value is -1.66. The maximum Gasteiger partial charge on any atom is 0.0781 e. The Balaban J connectivity index is 1.44. The van der Waals surface area contributed by atoms with Gasteiger partial charge in [0.05, 0.1) is 24.0 Å². The fourth-order valence-corrected chi connectivity index (χ4v) is 4.32. The SMILES string of the molecule is Cc1cnn([C@H]2C[C@H]3CN(Cc4ccnn4C)C[C@H]3C[C@@H]2O)c1. The molecule has 2 fully saturated rings. The van der Waals surface area contributed by atoms with Crippen molar-refractivity contribution in [3.05, 3.63) is 35.9 Å². The summed E-state index contributed by atoms with van der Waals surface area (Å²) in [4.78, 5) is 2.51. The van der Waals surface area contributed by atoms with Crippen molar-refractivity contribution in [2.24, 2.45) is 18.9 Å². The number of aliphatic hydroxyl groups excluding tert-OH is 1. The first-order valence-corrected chi connectivity index (χ1v) is 8.48. The van der Waals surface area contributed by atoms with Crippen molar-refractivity contribution in [1.82, 2.24) is 24.5 Å². The first-order valence-electron chi connectivity index (χ1n) is 8.48. The number of hydrogen-bond acceptors (Lipinski definition) is 4. The minimum Gasteiger partial charge on any atom is -0.391 e. The molecular weight excluding hydrogens is 290 g/mol. The van der Waals surface area contributed by atoms with Gasteiger partial charge >= 0.3 is 0 Å². The van der Waals surface area contributed by atoms with Crippen LogP contribution in [0.5, 0.6) is 0 Å². The number of nitrogens with zero attached hydrogens (tertiary/aromatic N) is 5. The summed E-state index contributed by atoms with van der Waals surface area (Å²) < 4.78 is 3.92.